The summed E-state index contributed by atoms with van der Waals surface area (Å²) in [6.07, 6.45) is -2.00. The van der Waals surface area contributed by atoms with E-state index in [9.17, 15) is 22.8 Å². The Kier molecular flexibility index (Phi) is 5.82. The van der Waals surface area contributed by atoms with Crippen molar-refractivity contribution in [3.05, 3.63) is 59.2 Å². The first kappa shape index (κ1) is 21.7. The summed E-state index contributed by atoms with van der Waals surface area (Å²) in [7, 11) is 0. The molecule has 0 atom stereocenters. The minimum Gasteiger partial charge on any atom is -0.493 e. The van der Waals surface area contributed by atoms with Crippen LogP contribution in [-0.4, -0.2) is 25.1 Å². The van der Waals surface area contributed by atoms with Crippen LogP contribution in [-0.2, 0) is 17.5 Å². The van der Waals surface area contributed by atoms with Gasteiger partial charge in [-0.15, -0.1) is 0 Å². The van der Waals surface area contributed by atoms with Gasteiger partial charge in [-0.3, -0.25) is 9.69 Å². The number of carbonyl (C=O) groups is 2. The fourth-order valence-electron chi connectivity index (χ4n) is 3.95. The number of carbonyl (C=O) groups excluding carboxylic acids is 2. The Morgan fingerprint density at radius 3 is 2.84 bits per heavy atom. The number of halogens is 3. The molecule has 6 nitrogen and oxygen atoms in total. The second-order valence-corrected chi connectivity index (χ2v) is 7.53. The zero-order valence-corrected chi connectivity index (χ0v) is 17.4. The smallest absolute Gasteiger partial charge is 0.416 e. The number of rotatable bonds is 3. The normalized spacial score (nSPS) is 17.1. The lowest BCUT2D eigenvalue weighted by Crippen LogP contribution is -2.44. The first-order chi connectivity index (χ1) is 15.3. The van der Waals surface area contributed by atoms with Gasteiger partial charge >= 0.3 is 12.2 Å². The summed E-state index contributed by atoms with van der Waals surface area (Å²) in [4.78, 5) is 26.5. The average Bonchev–Trinajstić information content (AvgIpc) is 2.95. The Bertz CT molecular complexity index is 1100. The first-order valence-corrected chi connectivity index (χ1v) is 10.3. The van der Waals surface area contributed by atoms with Crippen LogP contribution in [0.4, 0.5) is 29.3 Å². The topological polar surface area (TPSA) is 70.7 Å². The molecule has 0 radical (unpaired) electrons. The van der Waals surface area contributed by atoms with E-state index in [-0.39, 0.29) is 24.9 Å². The Balaban J connectivity index is 1.62. The molecule has 0 saturated carbocycles. The molecule has 4 rings (SSSR count). The minimum absolute atomic E-state index is 0.120. The van der Waals surface area contributed by atoms with Gasteiger partial charge in [-0.1, -0.05) is 12.1 Å². The predicted molar refractivity (Wildman–Crippen MR) is 114 cm³/mol. The van der Waals surface area contributed by atoms with Gasteiger partial charge in [0.15, 0.2) is 0 Å². The van der Waals surface area contributed by atoms with E-state index < -0.39 is 17.6 Å². The fraction of sp³-hybridized carbons (Fsp3) is 0.304. The van der Waals surface area contributed by atoms with Crippen molar-refractivity contribution >= 4 is 28.9 Å². The van der Waals surface area contributed by atoms with Gasteiger partial charge < -0.3 is 15.4 Å². The van der Waals surface area contributed by atoms with E-state index in [0.29, 0.717) is 36.2 Å². The average molecular weight is 445 g/mol. The Hall–Kier alpha value is -3.49. The molecule has 2 aliphatic heterocycles. The maximum atomic E-state index is 13.1. The first-order valence-electron chi connectivity index (χ1n) is 10.3. The Morgan fingerprint density at radius 2 is 2.09 bits per heavy atom. The summed E-state index contributed by atoms with van der Waals surface area (Å²) in [5, 5.41) is 5.63. The third-order valence-corrected chi connectivity index (χ3v) is 5.49. The van der Waals surface area contributed by atoms with Crippen LogP contribution in [0.5, 0.6) is 5.75 Å². The van der Waals surface area contributed by atoms with E-state index in [1.807, 2.05) is 13.0 Å². The zero-order chi connectivity index (χ0) is 22.9. The number of nitrogens with one attached hydrogen (secondary N) is 2. The number of ether oxygens (including phenoxy) is 1. The third-order valence-electron chi connectivity index (χ3n) is 5.49. The number of allylic oxidation sites excluding steroid dienone is 1. The van der Waals surface area contributed by atoms with Crippen molar-refractivity contribution in [1.29, 1.82) is 0 Å². The SMILES string of the molecule is CCN1C(=O)NCc2c(NC(=O)/C=C3\CCCOc4cc(C(F)(F)F)ccc43)cccc21. The van der Waals surface area contributed by atoms with E-state index in [1.54, 1.807) is 17.0 Å². The van der Waals surface area contributed by atoms with Crippen molar-refractivity contribution in [3.63, 3.8) is 0 Å². The summed E-state index contributed by atoms with van der Waals surface area (Å²) < 4.78 is 44.7. The standard InChI is InChI=1S/C23H22F3N3O3/c1-2-29-19-7-3-6-18(17(19)13-27-22(29)31)28-21(30)11-14-5-4-10-32-20-12-15(23(24,25)26)8-9-16(14)20/h3,6-9,11-12H,2,4-5,10,13H2,1H3,(H,27,31)(H,28,30)/b14-11+. The molecule has 0 spiro atoms. The highest BCUT2D eigenvalue weighted by Crippen LogP contribution is 2.38. The van der Waals surface area contributed by atoms with Gasteiger partial charge in [0.05, 0.1) is 17.9 Å². The van der Waals surface area contributed by atoms with Gasteiger partial charge in [-0.25, -0.2) is 4.79 Å². The van der Waals surface area contributed by atoms with E-state index in [0.717, 1.165) is 23.4 Å². The number of nitrogens with zero attached hydrogens (tertiary/aromatic N) is 1. The molecule has 32 heavy (non-hydrogen) atoms. The number of hydrogen-bond acceptors (Lipinski definition) is 3. The van der Waals surface area contributed by atoms with Crippen molar-refractivity contribution in [3.8, 4) is 5.75 Å². The molecule has 0 unspecified atom stereocenters. The van der Waals surface area contributed by atoms with Crippen molar-refractivity contribution in [2.75, 3.05) is 23.4 Å². The van der Waals surface area contributed by atoms with E-state index in [1.165, 1.54) is 12.1 Å². The number of amides is 3. The second kappa shape index (κ2) is 8.57. The summed E-state index contributed by atoms with van der Waals surface area (Å²) in [5.41, 5.74) is 2.39. The van der Waals surface area contributed by atoms with E-state index >= 15 is 0 Å². The van der Waals surface area contributed by atoms with Crippen LogP contribution in [0.15, 0.2) is 42.5 Å². The highest BCUT2D eigenvalue weighted by molar-refractivity contribution is 6.06. The molecule has 2 aromatic carbocycles. The Labute approximate surface area is 183 Å². The van der Waals surface area contributed by atoms with Crippen LogP contribution in [0, 0.1) is 0 Å². The summed E-state index contributed by atoms with van der Waals surface area (Å²) >= 11 is 0. The van der Waals surface area contributed by atoms with Crippen molar-refractivity contribution < 1.29 is 27.5 Å². The lowest BCUT2D eigenvalue weighted by Gasteiger charge is -2.30. The van der Waals surface area contributed by atoms with E-state index in [4.69, 9.17) is 4.74 Å². The van der Waals surface area contributed by atoms with Crippen LogP contribution in [0.25, 0.3) is 5.57 Å². The zero-order valence-electron chi connectivity index (χ0n) is 17.4. The molecule has 2 aliphatic rings. The van der Waals surface area contributed by atoms with Gasteiger partial charge in [0.1, 0.15) is 5.75 Å². The fourth-order valence-corrected chi connectivity index (χ4v) is 3.95. The minimum atomic E-state index is -4.47. The maximum Gasteiger partial charge on any atom is 0.416 e. The molecule has 0 bridgehead atoms. The maximum absolute atomic E-state index is 13.1. The number of anilines is 2. The lowest BCUT2D eigenvalue weighted by atomic mass is 9.99. The number of benzene rings is 2. The quantitative estimate of drug-likeness (QED) is 0.657. The molecule has 3 amide bonds. The summed E-state index contributed by atoms with van der Waals surface area (Å²) in [6, 6.07) is 8.46. The Morgan fingerprint density at radius 1 is 1.28 bits per heavy atom. The molecule has 2 aromatic rings. The largest absolute Gasteiger partial charge is 0.493 e. The van der Waals surface area contributed by atoms with E-state index in [2.05, 4.69) is 10.6 Å². The van der Waals surface area contributed by atoms with Crippen molar-refractivity contribution in [2.45, 2.75) is 32.5 Å². The number of fused-ring (bicyclic) bond motifs is 2. The van der Waals surface area contributed by atoms with Gasteiger partial charge in [0.25, 0.3) is 0 Å². The molecule has 0 saturated heterocycles. The van der Waals surface area contributed by atoms with Crippen molar-refractivity contribution in [1.82, 2.24) is 5.32 Å². The van der Waals surface area contributed by atoms with Crippen LogP contribution < -0.4 is 20.3 Å². The third kappa shape index (κ3) is 4.28. The molecular formula is C23H22F3N3O3. The van der Waals surface area contributed by atoms with Crippen LogP contribution in [0.2, 0.25) is 0 Å². The molecular weight excluding hydrogens is 423 g/mol. The summed E-state index contributed by atoms with van der Waals surface area (Å²) in [5.74, 6) is -0.282. The van der Waals surface area contributed by atoms with Gasteiger partial charge in [-0.05, 0) is 49.6 Å². The molecule has 2 N–H and O–H groups in total. The van der Waals surface area contributed by atoms with Gasteiger partial charge in [0.2, 0.25) is 5.91 Å². The number of urea groups is 1. The lowest BCUT2D eigenvalue weighted by molar-refractivity contribution is -0.137. The molecule has 2 heterocycles. The molecule has 0 aliphatic carbocycles. The highest BCUT2D eigenvalue weighted by Gasteiger charge is 2.32. The molecule has 0 fully saturated rings. The number of hydrogen-bond donors (Lipinski definition) is 2. The van der Waals surface area contributed by atoms with Crippen molar-refractivity contribution in [2.24, 2.45) is 0 Å². The highest BCUT2D eigenvalue weighted by atomic mass is 19.4. The second-order valence-electron chi connectivity index (χ2n) is 7.53. The van der Waals surface area contributed by atoms with Crippen LogP contribution >= 0.6 is 0 Å². The number of alkyl halides is 3. The molecule has 9 heteroatoms. The summed E-state index contributed by atoms with van der Waals surface area (Å²) in [6.45, 7) is 2.90. The molecule has 0 aromatic heterocycles. The van der Waals surface area contributed by atoms with Gasteiger partial charge in [-0.2, -0.15) is 13.2 Å². The van der Waals surface area contributed by atoms with Crippen LogP contribution in [0.3, 0.4) is 0 Å². The monoisotopic (exact) mass is 445 g/mol. The van der Waals surface area contributed by atoms with Gasteiger partial charge in [0, 0.05) is 36.0 Å². The predicted octanol–water partition coefficient (Wildman–Crippen LogP) is 4.95. The molecule has 168 valence electrons. The van der Waals surface area contributed by atoms with Crippen LogP contribution in [0.1, 0.15) is 36.5 Å².